The number of hydrogen-bond donors (Lipinski definition) is 1. The summed E-state index contributed by atoms with van der Waals surface area (Å²) in [6.45, 7) is -1.23. The van der Waals surface area contributed by atoms with Crippen LogP contribution in [-0.2, 0) is 4.79 Å². The standard InChI is InChI=1S/C13H13F3N2O4/c14-13(15,16)7-22-10-6-8(3-4-17-10)11(19)18-5-1-2-9(18)12(20)21/h3-4,6,9H,1-2,5,7H2,(H,20,21)/t9-/m1/s1. The first kappa shape index (κ1) is 16.1. The van der Waals surface area contributed by atoms with E-state index in [1.54, 1.807) is 0 Å². The fraction of sp³-hybridized carbons (Fsp3) is 0.462. The average molecular weight is 318 g/mol. The number of alkyl halides is 3. The van der Waals surface area contributed by atoms with Gasteiger partial charge in [-0.25, -0.2) is 9.78 Å². The lowest BCUT2D eigenvalue weighted by molar-refractivity contribution is -0.154. The lowest BCUT2D eigenvalue weighted by atomic mass is 10.2. The predicted molar refractivity (Wildman–Crippen MR) is 67.5 cm³/mol. The molecule has 1 fully saturated rings. The number of aliphatic carboxylic acids is 1. The van der Waals surface area contributed by atoms with Gasteiger partial charge in [0, 0.05) is 24.4 Å². The van der Waals surface area contributed by atoms with Crippen LogP contribution in [0.2, 0.25) is 0 Å². The highest BCUT2D eigenvalue weighted by atomic mass is 19.4. The highest BCUT2D eigenvalue weighted by molar-refractivity contribution is 5.97. The van der Waals surface area contributed by atoms with Gasteiger partial charge in [0.15, 0.2) is 6.61 Å². The van der Waals surface area contributed by atoms with E-state index < -0.39 is 30.7 Å². The van der Waals surface area contributed by atoms with Crippen molar-refractivity contribution in [3.63, 3.8) is 0 Å². The van der Waals surface area contributed by atoms with Crippen LogP contribution >= 0.6 is 0 Å². The van der Waals surface area contributed by atoms with Gasteiger partial charge in [0.2, 0.25) is 5.88 Å². The van der Waals surface area contributed by atoms with Gasteiger partial charge in [0.05, 0.1) is 0 Å². The quantitative estimate of drug-likeness (QED) is 0.914. The molecule has 9 heteroatoms. The molecule has 1 aromatic heterocycles. The van der Waals surface area contributed by atoms with E-state index in [0.29, 0.717) is 12.8 Å². The molecular weight excluding hydrogens is 305 g/mol. The van der Waals surface area contributed by atoms with Crippen molar-refractivity contribution in [2.75, 3.05) is 13.2 Å². The Kier molecular flexibility index (Phi) is 4.53. The smallest absolute Gasteiger partial charge is 0.422 e. The molecule has 0 unspecified atom stereocenters. The van der Waals surface area contributed by atoms with Gasteiger partial charge in [-0.05, 0) is 18.9 Å². The molecule has 22 heavy (non-hydrogen) atoms. The summed E-state index contributed by atoms with van der Waals surface area (Å²) >= 11 is 0. The predicted octanol–water partition coefficient (Wildman–Crippen LogP) is 1.71. The van der Waals surface area contributed by atoms with E-state index >= 15 is 0 Å². The second kappa shape index (κ2) is 6.20. The van der Waals surface area contributed by atoms with Crippen LogP contribution in [0.5, 0.6) is 5.88 Å². The number of aromatic nitrogens is 1. The van der Waals surface area contributed by atoms with E-state index in [1.807, 2.05) is 0 Å². The first-order chi connectivity index (χ1) is 10.3. The van der Waals surface area contributed by atoms with E-state index in [2.05, 4.69) is 9.72 Å². The number of ether oxygens (including phenoxy) is 1. The fourth-order valence-corrected chi connectivity index (χ4v) is 2.21. The molecule has 1 aliphatic heterocycles. The van der Waals surface area contributed by atoms with Crippen molar-refractivity contribution in [2.45, 2.75) is 25.1 Å². The summed E-state index contributed by atoms with van der Waals surface area (Å²) in [6.07, 6.45) is -2.45. The van der Waals surface area contributed by atoms with Crippen LogP contribution in [0.4, 0.5) is 13.2 Å². The van der Waals surface area contributed by atoms with Gasteiger partial charge in [-0.3, -0.25) is 4.79 Å². The van der Waals surface area contributed by atoms with Gasteiger partial charge < -0.3 is 14.7 Å². The highest BCUT2D eigenvalue weighted by Crippen LogP contribution is 2.22. The summed E-state index contributed by atoms with van der Waals surface area (Å²) in [5.74, 6) is -2.01. The molecule has 6 nitrogen and oxygen atoms in total. The molecule has 120 valence electrons. The van der Waals surface area contributed by atoms with Crippen LogP contribution in [0.15, 0.2) is 18.3 Å². The maximum atomic E-state index is 12.3. The van der Waals surface area contributed by atoms with Crippen LogP contribution in [0, 0.1) is 0 Å². The molecule has 1 aromatic rings. The SMILES string of the molecule is O=C(O)[C@H]1CCCN1C(=O)c1ccnc(OCC(F)(F)F)c1. The number of carboxylic acids is 1. The summed E-state index contributed by atoms with van der Waals surface area (Å²) in [6, 6.07) is 1.46. The Morgan fingerprint density at radius 1 is 1.45 bits per heavy atom. The lowest BCUT2D eigenvalue weighted by Crippen LogP contribution is -2.40. The maximum Gasteiger partial charge on any atom is 0.422 e. The molecule has 0 radical (unpaired) electrons. The largest absolute Gasteiger partial charge is 0.480 e. The van der Waals surface area contributed by atoms with Crippen LogP contribution < -0.4 is 4.74 Å². The molecule has 1 saturated heterocycles. The number of pyridine rings is 1. The Balaban J connectivity index is 2.12. The van der Waals surface area contributed by atoms with Crippen molar-refractivity contribution in [3.8, 4) is 5.88 Å². The minimum Gasteiger partial charge on any atom is -0.480 e. The van der Waals surface area contributed by atoms with E-state index in [4.69, 9.17) is 5.11 Å². The zero-order valence-electron chi connectivity index (χ0n) is 11.3. The van der Waals surface area contributed by atoms with E-state index in [9.17, 15) is 22.8 Å². The molecule has 0 aliphatic carbocycles. The second-order valence-corrected chi connectivity index (χ2v) is 4.78. The third kappa shape index (κ3) is 3.86. The summed E-state index contributed by atoms with van der Waals surface area (Å²) in [4.78, 5) is 28.1. The number of hydrogen-bond acceptors (Lipinski definition) is 4. The zero-order chi connectivity index (χ0) is 16.3. The molecule has 0 saturated carbocycles. The molecule has 1 atom stereocenters. The van der Waals surface area contributed by atoms with Crippen molar-refractivity contribution >= 4 is 11.9 Å². The van der Waals surface area contributed by atoms with Gasteiger partial charge in [0.1, 0.15) is 6.04 Å². The van der Waals surface area contributed by atoms with Crippen LogP contribution in [0.25, 0.3) is 0 Å². The zero-order valence-corrected chi connectivity index (χ0v) is 11.3. The molecule has 2 rings (SSSR count). The maximum absolute atomic E-state index is 12.3. The number of amides is 1. The summed E-state index contributed by atoms with van der Waals surface area (Å²) in [5, 5.41) is 9.05. The highest BCUT2D eigenvalue weighted by Gasteiger charge is 2.34. The van der Waals surface area contributed by atoms with Crippen molar-refractivity contribution in [1.82, 2.24) is 9.88 Å². The molecular formula is C13H13F3N2O4. The Hall–Kier alpha value is -2.32. The molecule has 0 aromatic carbocycles. The minimum atomic E-state index is -4.51. The number of carboxylic acid groups (broad SMARTS) is 1. The normalized spacial score (nSPS) is 18.3. The van der Waals surface area contributed by atoms with E-state index in [1.165, 1.54) is 11.0 Å². The number of carbonyl (C=O) groups is 2. The molecule has 2 heterocycles. The second-order valence-electron chi connectivity index (χ2n) is 4.78. The van der Waals surface area contributed by atoms with Gasteiger partial charge in [-0.15, -0.1) is 0 Å². The Morgan fingerprint density at radius 2 is 2.18 bits per heavy atom. The summed E-state index contributed by atoms with van der Waals surface area (Å²) in [5.41, 5.74) is 0.0420. The van der Waals surface area contributed by atoms with Gasteiger partial charge in [-0.1, -0.05) is 0 Å². The van der Waals surface area contributed by atoms with Gasteiger partial charge >= 0.3 is 12.1 Å². The molecule has 0 spiro atoms. The third-order valence-corrected chi connectivity index (χ3v) is 3.16. The molecule has 0 bridgehead atoms. The van der Waals surface area contributed by atoms with Crippen molar-refractivity contribution in [3.05, 3.63) is 23.9 Å². The fourth-order valence-electron chi connectivity index (χ4n) is 2.21. The molecule has 1 aliphatic rings. The van der Waals surface area contributed by atoms with Crippen LogP contribution in [0.3, 0.4) is 0 Å². The number of nitrogens with zero attached hydrogens (tertiary/aromatic N) is 2. The van der Waals surface area contributed by atoms with Gasteiger partial charge in [-0.2, -0.15) is 13.2 Å². The van der Waals surface area contributed by atoms with E-state index in [-0.39, 0.29) is 18.0 Å². The molecule has 1 amide bonds. The number of halogens is 3. The minimum absolute atomic E-state index is 0.0420. The Morgan fingerprint density at radius 3 is 2.82 bits per heavy atom. The van der Waals surface area contributed by atoms with Crippen LogP contribution in [0.1, 0.15) is 23.2 Å². The monoisotopic (exact) mass is 318 g/mol. The van der Waals surface area contributed by atoms with Gasteiger partial charge in [0.25, 0.3) is 5.91 Å². The Labute approximate surface area is 123 Å². The number of likely N-dealkylation sites (tertiary alicyclic amines) is 1. The lowest BCUT2D eigenvalue weighted by Gasteiger charge is -2.21. The van der Waals surface area contributed by atoms with Crippen molar-refractivity contribution in [2.24, 2.45) is 0 Å². The number of carbonyl (C=O) groups excluding carboxylic acids is 1. The summed E-state index contributed by atoms with van der Waals surface area (Å²) < 4.78 is 40.8. The Bertz CT molecular complexity index is 577. The first-order valence-corrected chi connectivity index (χ1v) is 6.47. The molecule has 1 N–H and O–H groups in total. The van der Waals surface area contributed by atoms with E-state index in [0.717, 1.165) is 12.3 Å². The third-order valence-electron chi connectivity index (χ3n) is 3.16. The topological polar surface area (TPSA) is 79.7 Å². The number of rotatable bonds is 4. The van der Waals surface area contributed by atoms with Crippen molar-refractivity contribution in [1.29, 1.82) is 0 Å². The average Bonchev–Trinajstić information content (AvgIpc) is 2.93. The first-order valence-electron chi connectivity index (χ1n) is 6.47. The van der Waals surface area contributed by atoms with Crippen LogP contribution in [-0.4, -0.2) is 52.2 Å². The summed E-state index contributed by atoms with van der Waals surface area (Å²) in [7, 11) is 0. The van der Waals surface area contributed by atoms with Crippen molar-refractivity contribution < 1.29 is 32.6 Å².